The lowest BCUT2D eigenvalue weighted by Crippen LogP contribution is -2.42. The fourth-order valence-electron chi connectivity index (χ4n) is 2.47. The van der Waals surface area contributed by atoms with Gasteiger partial charge in [0.2, 0.25) is 5.91 Å². The van der Waals surface area contributed by atoms with Crippen LogP contribution in [0.3, 0.4) is 0 Å². The third kappa shape index (κ3) is 6.89. The van der Waals surface area contributed by atoms with Crippen molar-refractivity contribution in [3.05, 3.63) is 0 Å². The highest BCUT2D eigenvalue weighted by Crippen LogP contribution is 2.27. The average Bonchev–Trinajstić information content (AvgIpc) is 2.78. The van der Waals surface area contributed by atoms with Crippen molar-refractivity contribution in [3.63, 3.8) is 0 Å². The number of amides is 1. The molecule has 0 saturated heterocycles. The molecule has 1 aliphatic rings. The molecule has 0 aromatic rings. The first-order valence-corrected chi connectivity index (χ1v) is 7.44. The van der Waals surface area contributed by atoms with Crippen LogP contribution in [-0.2, 0) is 14.3 Å². The first-order chi connectivity index (χ1) is 9.28. The van der Waals surface area contributed by atoms with Crippen molar-refractivity contribution in [2.75, 3.05) is 6.61 Å². The molecule has 5 heteroatoms. The Morgan fingerprint density at radius 1 is 1.30 bits per heavy atom. The maximum Gasteiger partial charge on any atom is 0.326 e. The van der Waals surface area contributed by atoms with E-state index in [9.17, 15) is 9.59 Å². The summed E-state index contributed by atoms with van der Waals surface area (Å²) in [6, 6.07) is -0.855. The summed E-state index contributed by atoms with van der Waals surface area (Å²) < 4.78 is 5.51. The van der Waals surface area contributed by atoms with Gasteiger partial charge in [-0.15, -0.1) is 0 Å². The third-order valence-electron chi connectivity index (χ3n) is 3.52. The molecule has 0 radical (unpaired) electrons. The second-order valence-corrected chi connectivity index (χ2v) is 6.56. The minimum absolute atomic E-state index is 0.153. The number of hydrogen-bond donors (Lipinski definition) is 2. The van der Waals surface area contributed by atoms with Crippen molar-refractivity contribution in [1.29, 1.82) is 0 Å². The number of carbonyl (C=O) groups excluding carboxylic acids is 1. The topological polar surface area (TPSA) is 75.6 Å². The van der Waals surface area contributed by atoms with Gasteiger partial charge in [0.1, 0.15) is 6.04 Å². The summed E-state index contributed by atoms with van der Waals surface area (Å²) in [5.41, 5.74) is -0.295. The van der Waals surface area contributed by atoms with E-state index in [1.165, 1.54) is 12.8 Å². The summed E-state index contributed by atoms with van der Waals surface area (Å²) in [7, 11) is 0. The van der Waals surface area contributed by atoms with Crippen LogP contribution < -0.4 is 5.32 Å². The number of carboxylic acid groups (broad SMARTS) is 1. The first kappa shape index (κ1) is 17.0. The highest BCUT2D eigenvalue weighted by Gasteiger charge is 2.24. The van der Waals surface area contributed by atoms with Crippen molar-refractivity contribution in [1.82, 2.24) is 5.32 Å². The van der Waals surface area contributed by atoms with E-state index < -0.39 is 12.0 Å². The molecule has 20 heavy (non-hydrogen) atoms. The molecule has 5 nitrogen and oxygen atoms in total. The van der Waals surface area contributed by atoms with Gasteiger partial charge in [-0.25, -0.2) is 4.79 Å². The van der Waals surface area contributed by atoms with Gasteiger partial charge in [0.25, 0.3) is 0 Å². The molecule has 116 valence electrons. The van der Waals surface area contributed by atoms with Crippen LogP contribution in [0, 0.1) is 5.92 Å². The van der Waals surface area contributed by atoms with E-state index in [0.717, 1.165) is 12.8 Å². The third-order valence-corrected chi connectivity index (χ3v) is 3.52. The number of aliphatic carboxylic acids is 1. The second kappa shape index (κ2) is 7.62. The summed E-state index contributed by atoms with van der Waals surface area (Å²) in [6.45, 7) is 6.08. The van der Waals surface area contributed by atoms with E-state index in [-0.39, 0.29) is 11.5 Å². The molecule has 0 aromatic carbocycles. The quantitative estimate of drug-likeness (QED) is 0.753. The van der Waals surface area contributed by atoms with Gasteiger partial charge in [-0.1, -0.05) is 12.8 Å². The van der Waals surface area contributed by atoms with Crippen molar-refractivity contribution >= 4 is 11.9 Å². The minimum Gasteiger partial charge on any atom is -0.480 e. The Labute approximate surface area is 121 Å². The molecule has 0 aromatic heterocycles. The molecule has 1 saturated carbocycles. The number of nitrogens with one attached hydrogen (secondary N) is 1. The predicted octanol–water partition coefficient (Wildman–Crippen LogP) is 2.34. The van der Waals surface area contributed by atoms with Crippen LogP contribution in [0.1, 0.15) is 59.3 Å². The summed E-state index contributed by atoms with van der Waals surface area (Å²) >= 11 is 0. The summed E-state index contributed by atoms with van der Waals surface area (Å²) in [4.78, 5) is 23.0. The maximum absolute atomic E-state index is 11.9. The van der Waals surface area contributed by atoms with E-state index >= 15 is 0 Å². The van der Waals surface area contributed by atoms with Crippen molar-refractivity contribution in [2.45, 2.75) is 70.9 Å². The van der Waals surface area contributed by atoms with E-state index in [2.05, 4.69) is 5.32 Å². The number of ether oxygens (including phenoxy) is 1. The van der Waals surface area contributed by atoms with Crippen molar-refractivity contribution in [2.24, 2.45) is 5.92 Å². The van der Waals surface area contributed by atoms with Gasteiger partial charge < -0.3 is 15.2 Å². The van der Waals surface area contributed by atoms with Crippen LogP contribution in [0.5, 0.6) is 0 Å². The molecule has 1 atom stereocenters. The lowest BCUT2D eigenvalue weighted by molar-refractivity contribution is -0.143. The Morgan fingerprint density at radius 2 is 1.90 bits per heavy atom. The Hall–Kier alpha value is -1.10. The molecule has 0 bridgehead atoms. The summed E-state index contributed by atoms with van der Waals surface area (Å²) in [5.74, 6) is -0.724. The smallest absolute Gasteiger partial charge is 0.326 e. The monoisotopic (exact) mass is 285 g/mol. The SMILES string of the molecule is CC(C)(C)OCCC(NC(=O)CC1CCCC1)C(=O)O. The van der Waals surface area contributed by atoms with E-state index in [0.29, 0.717) is 25.4 Å². The Morgan fingerprint density at radius 3 is 2.40 bits per heavy atom. The van der Waals surface area contributed by atoms with Crippen LogP contribution in [0.2, 0.25) is 0 Å². The molecule has 0 aliphatic heterocycles. The number of rotatable bonds is 7. The Kier molecular flexibility index (Phi) is 6.46. The van der Waals surface area contributed by atoms with Gasteiger partial charge in [-0.2, -0.15) is 0 Å². The molecular weight excluding hydrogens is 258 g/mol. The zero-order valence-electron chi connectivity index (χ0n) is 12.8. The number of carboxylic acids is 1. The zero-order chi connectivity index (χ0) is 15.2. The largest absolute Gasteiger partial charge is 0.480 e. The summed E-state index contributed by atoms with van der Waals surface area (Å²) in [5, 5.41) is 11.8. The highest BCUT2D eigenvalue weighted by molar-refractivity contribution is 5.83. The van der Waals surface area contributed by atoms with Gasteiger partial charge in [-0.3, -0.25) is 4.79 Å². The molecule has 0 heterocycles. The average molecular weight is 285 g/mol. The fourth-order valence-corrected chi connectivity index (χ4v) is 2.47. The Bertz CT molecular complexity index is 329. The molecule has 1 aliphatic carbocycles. The maximum atomic E-state index is 11.9. The first-order valence-electron chi connectivity index (χ1n) is 7.44. The normalized spacial score (nSPS) is 17.9. The standard InChI is InChI=1S/C15H27NO4/c1-15(2,3)20-9-8-12(14(18)19)16-13(17)10-11-6-4-5-7-11/h11-12H,4-10H2,1-3H3,(H,16,17)(H,18,19). The lowest BCUT2D eigenvalue weighted by Gasteiger charge is -2.21. The van der Waals surface area contributed by atoms with E-state index in [4.69, 9.17) is 9.84 Å². The van der Waals surface area contributed by atoms with E-state index in [1.54, 1.807) is 0 Å². The number of hydrogen-bond acceptors (Lipinski definition) is 3. The molecular formula is C15H27NO4. The number of carbonyl (C=O) groups is 2. The van der Waals surface area contributed by atoms with Gasteiger partial charge in [0.05, 0.1) is 5.60 Å². The van der Waals surface area contributed by atoms with E-state index in [1.807, 2.05) is 20.8 Å². The second-order valence-electron chi connectivity index (χ2n) is 6.56. The lowest BCUT2D eigenvalue weighted by atomic mass is 10.0. The van der Waals surface area contributed by atoms with Crippen LogP contribution in [-0.4, -0.2) is 35.2 Å². The Balaban J connectivity index is 2.33. The fraction of sp³-hybridized carbons (Fsp3) is 0.867. The summed E-state index contributed by atoms with van der Waals surface area (Å²) in [6.07, 6.45) is 5.27. The van der Waals surface area contributed by atoms with Crippen LogP contribution >= 0.6 is 0 Å². The zero-order valence-corrected chi connectivity index (χ0v) is 12.8. The van der Waals surface area contributed by atoms with Gasteiger partial charge in [0.15, 0.2) is 0 Å². The van der Waals surface area contributed by atoms with Crippen molar-refractivity contribution in [3.8, 4) is 0 Å². The van der Waals surface area contributed by atoms with Gasteiger partial charge >= 0.3 is 5.97 Å². The molecule has 1 unspecified atom stereocenters. The minimum atomic E-state index is -0.998. The highest BCUT2D eigenvalue weighted by atomic mass is 16.5. The van der Waals surface area contributed by atoms with Crippen LogP contribution in [0.25, 0.3) is 0 Å². The molecule has 1 fully saturated rings. The predicted molar refractivity (Wildman–Crippen MR) is 76.5 cm³/mol. The molecule has 2 N–H and O–H groups in total. The van der Waals surface area contributed by atoms with Crippen LogP contribution in [0.4, 0.5) is 0 Å². The van der Waals surface area contributed by atoms with Crippen LogP contribution in [0.15, 0.2) is 0 Å². The van der Waals surface area contributed by atoms with Gasteiger partial charge in [-0.05, 0) is 39.5 Å². The molecule has 0 spiro atoms. The van der Waals surface area contributed by atoms with Crippen molar-refractivity contribution < 1.29 is 19.4 Å². The molecule has 1 amide bonds. The molecule has 1 rings (SSSR count). The van der Waals surface area contributed by atoms with Gasteiger partial charge in [0, 0.05) is 19.4 Å².